The number of hydrogen-bond donors (Lipinski definition) is 2. The quantitative estimate of drug-likeness (QED) is 0.796. The SMILES string of the molecule is COC(=O)C(O)C(O)c1ccccc1OCc1ccccc1. The third kappa shape index (κ3) is 3.84. The fraction of sp³-hybridized carbons (Fsp3) is 0.235. The standard InChI is InChI=1S/C17H18O5/c1-21-17(20)16(19)15(18)13-9-5-6-10-14(13)22-11-12-7-3-2-4-8-12/h2-10,15-16,18-19H,11H2,1H3. The van der Waals surface area contributed by atoms with Crippen LogP contribution < -0.4 is 4.74 Å². The van der Waals surface area contributed by atoms with E-state index in [1.807, 2.05) is 30.3 Å². The first-order valence-corrected chi connectivity index (χ1v) is 6.83. The molecule has 0 aliphatic carbocycles. The normalized spacial score (nSPS) is 13.2. The molecule has 0 aliphatic heterocycles. The summed E-state index contributed by atoms with van der Waals surface area (Å²) >= 11 is 0. The summed E-state index contributed by atoms with van der Waals surface area (Å²) in [4.78, 5) is 11.3. The number of hydrogen-bond acceptors (Lipinski definition) is 5. The number of benzene rings is 2. The lowest BCUT2D eigenvalue weighted by Crippen LogP contribution is -2.29. The van der Waals surface area contributed by atoms with Crippen molar-refractivity contribution in [1.82, 2.24) is 0 Å². The smallest absolute Gasteiger partial charge is 0.337 e. The maximum atomic E-state index is 11.3. The molecule has 2 aromatic rings. The largest absolute Gasteiger partial charge is 0.489 e. The van der Waals surface area contributed by atoms with Gasteiger partial charge in [-0.05, 0) is 11.6 Å². The van der Waals surface area contributed by atoms with Crippen LogP contribution in [0.3, 0.4) is 0 Å². The van der Waals surface area contributed by atoms with Gasteiger partial charge in [-0.15, -0.1) is 0 Å². The summed E-state index contributed by atoms with van der Waals surface area (Å²) in [5.74, 6) is -0.493. The van der Waals surface area contributed by atoms with E-state index in [9.17, 15) is 15.0 Å². The molecule has 5 heteroatoms. The second-order valence-electron chi connectivity index (χ2n) is 4.72. The van der Waals surface area contributed by atoms with Crippen LogP contribution in [0.4, 0.5) is 0 Å². The molecule has 2 atom stereocenters. The van der Waals surface area contributed by atoms with Crippen LogP contribution in [0.25, 0.3) is 0 Å². The van der Waals surface area contributed by atoms with Crippen LogP contribution in [0.1, 0.15) is 17.2 Å². The van der Waals surface area contributed by atoms with E-state index >= 15 is 0 Å². The molecule has 0 radical (unpaired) electrons. The lowest BCUT2D eigenvalue weighted by Gasteiger charge is -2.19. The third-order valence-corrected chi connectivity index (χ3v) is 3.22. The Morgan fingerprint density at radius 1 is 1.05 bits per heavy atom. The van der Waals surface area contributed by atoms with Crippen molar-refractivity contribution < 1.29 is 24.5 Å². The summed E-state index contributed by atoms with van der Waals surface area (Å²) in [6.07, 6.45) is -3.08. The topological polar surface area (TPSA) is 76.0 Å². The number of esters is 1. The first-order chi connectivity index (χ1) is 10.6. The Morgan fingerprint density at radius 2 is 1.68 bits per heavy atom. The van der Waals surface area contributed by atoms with Gasteiger partial charge >= 0.3 is 5.97 Å². The molecule has 2 unspecified atom stereocenters. The summed E-state index contributed by atoms with van der Waals surface area (Å²) in [5.41, 5.74) is 1.30. The summed E-state index contributed by atoms with van der Waals surface area (Å²) in [7, 11) is 1.15. The molecule has 116 valence electrons. The highest BCUT2D eigenvalue weighted by molar-refractivity contribution is 5.75. The second kappa shape index (κ2) is 7.59. The van der Waals surface area contributed by atoms with E-state index < -0.39 is 18.2 Å². The van der Waals surface area contributed by atoms with Crippen molar-refractivity contribution in [2.75, 3.05) is 7.11 Å². The summed E-state index contributed by atoms with van der Waals surface area (Å²) in [6.45, 7) is 0.318. The average molecular weight is 302 g/mol. The minimum absolute atomic E-state index is 0.318. The molecule has 0 spiro atoms. The molecule has 0 heterocycles. The first-order valence-electron chi connectivity index (χ1n) is 6.83. The van der Waals surface area contributed by atoms with E-state index in [4.69, 9.17) is 4.74 Å². The van der Waals surface area contributed by atoms with Gasteiger partial charge in [0.05, 0.1) is 7.11 Å². The van der Waals surface area contributed by atoms with E-state index in [1.54, 1.807) is 24.3 Å². The molecular weight excluding hydrogens is 284 g/mol. The highest BCUT2D eigenvalue weighted by Gasteiger charge is 2.28. The van der Waals surface area contributed by atoms with E-state index in [0.29, 0.717) is 17.9 Å². The minimum Gasteiger partial charge on any atom is -0.489 e. The van der Waals surface area contributed by atoms with Crippen LogP contribution in [0.2, 0.25) is 0 Å². The molecule has 0 saturated carbocycles. The number of rotatable bonds is 6. The summed E-state index contributed by atoms with van der Waals surface area (Å²) in [5, 5.41) is 19.9. The number of methoxy groups -OCH3 is 1. The van der Waals surface area contributed by atoms with Crippen molar-refractivity contribution in [2.45, 2.75) is 18.8 Å². The van der Waals surface area contributed by atoms with Gasteiger partial charge in [0, 0.05) is 5.56 Å². The maximum Gasteiger partial charge on any atom is 0.337 e. The molecule has 0 amide bonds. The highest BCUT2D eigenvalue weighted by Crippen LogP contribution is 2.28. The maximum absolute atomic E-state index is 11.3. The van der Waals surface area contributed by atoms with E-state index in [0.717, 1.165) is 12.7 Å². The minimum atomic E-state index is -1.66. The Bertz CT molecular complexity index is 611. The Hall–Kier alpha value is -2.37. The van der Waals surface area contributed by atoms with E-state index in [-0.39, 0.29) is 0 Å². The van der Waals surface area contributed by atoms with Crippen LogP contribution in [0.5, 0.6) is 5.75 Å². The number of aliphatic hydroxyl groups is 2. The number of carbonyl (C=O) groups is 1. The van der Waals surface area contributed by atoms with E-state index in [1.165, 1.54) is 0 Å². The lowest BCUT2D eigenvalue weighted by atomic mass is 10.0. The molecule has 2 aromatic carbocycles. The van der Waals surface area contributed by atoms with Gasteiger partial charge in [-0.3, -0.25) is 0 Å². The molecule has 2 rings (SSSR count). The molecule has 5 nitrogen and oxygen atoms in total. The number of para-hydroxylation sites is 1. The molecule has 22 heavy (non-hydrogen) atoms. The van der Waals surface area contributed by atoms with Crippen molar-refractivity contribution in [3.8, 4) is 5.75 Å². The summed E-state index contributed by atoms with van der Waals surface area (Å²) in [6, 6.07) is 16.3. The van der Waals surface area contributed by atoms with E-state index in [2.05, 4.69) is 4.74 Å². The van der Waals surface area contributed by atoms with Gasteiger partial charge in [-0.2, -0.15) is 0 Å². The van der Waals surface area contributed by atoms with Crippen LogP contribution in [-0.2, 0) is 16.1 Å². The highest BCUT2D eigenvalue weighted by atomic mass is 16.5. The molecule has 0 fully saturated rings. The first kappa shape index (κ1) is 16.0. The Balaban J connectivity index is 2.14. The van der Waals surface area contributed by atoms with Gasteiger partial charge in [0.15, 0.2) is 6.10 Å². The van der Waals surface area contributed by atoms with Crippen molar-refractivity contribution in [2.24, 2.45) is 0 Å². The predicted molar refractivity (Wildman–Crippen MR) is 80.2 cm³/mol. The Kier molecular flexibility index (Phi) is 5.52. The zero-order chi connectivity index (χ0) is 15.9. The number of carbonyl (C=O) groups excluding carboxylic acids is 1. The number of aliphatic hydroxyl groups excluding tert-OH is 2. The fourth-order valence-electron chi connectivity index (χ4n) is 2.01. The third-order valence-electron chi connectivity index (χ3n) is 3.22. The molecule has 0 bridgehead atoms. The van der Waals surface area contributed by atoms with Crippen LogP contribution in [-0.4, -0.2) is 29.4 Å². The molecule has 0 aromatic heterocycles. The Morgan fingerprint density at radius 3 is 2.36 bits per heavy atom. The fourth-order valence-corrected chi connectivity index (χ4v) is 2.01. The van der Waals surface area contributed by atoms with Gasteiger partial charge in [0.2, 0.25) is 0 Å². The zero-order valence-electron chi connectivity index (χ0n) is 12.2. The monoisotopic (exact) mass is 302 g/mol. The van der Waals surface area contributed by atoms with Gasteiger partial charge in [-0.25, -0.2) is 4.79 Å². The lowest BCUT2D eigenvalue weighted by molar-refractivity contribution is -0.156. The van der Waals surface area contributed by atoms with Crippen LogP contribution in [0, 0.1) is 0 Å². The van der Waals surface area contributed by atoms with Gasteiger partial charge in [0.25, 0.3) is 0 Å². The zero-order valence-corrected chi connectivity index (χ0v) is 12.2. The second-order valence-corrected chi connectivity index (χ2v) is 4.72. The van der Waals surface area contributed by atoms with Crippen LogP contribution in [0.15, 0.2) is 54.6 Å². The molecule has 2 N–H and O–H groups in total. The molecule has 0 saturated heterocycles. The number of ether oxygens (including phenoxy) is 2. The van der Waals surface area contributed by atoms with Crippen molar-refractivity contribution >= 4 is 5.97 Å². The van der Waals surface area contributed by atoms with Gasteiger partial charge < -0.3 is 19.7 Å². The van der Waals surface area contributed by atoms with Crippen molar-refractivity contribution in [3.63, 3.8) is 0 Å². The van der Waals surface area contributed by atoms with Gasteiger partial charge in [-0.1, -0.05) is 48.5 Å². The molecular formula is C17H18O5. The van der Waals surface area contributed by atoms with Crippen molar-refractivity contribution in [1.29, 1.82) is 0 Å². The molecule has 0 aliphatic rings. The Labute approximate surface area is 128 Å². The van der Waals surface area contributed by atoms with Gasteiger partial charge in [0.1, 0.15) is 18.5 Å². The van der Waals surface area contributed by atoms with Crippen molar-refractivity contribution in [3.05, 3.63) is 65.7 Å². The summed E-state index contributed by atoms with van der Waals surface area (Å²) < 4.78 is 10.1. The average Bonchev–Trinajstić information content (AvgIpc) is 2.59. The van der Waals surface area contributed by atoms with Crippen LogP contribution >= 0.6 is 0 Å². The predicted octanol–water partition coefficient (Wildman–Crippen LogP) is 1.83.